The number of rotatable bonds is 5. The Hall–Kier alpha value is -3.40. The van der Waals surface area contributed by atoms with Crippen LogP contribution in [0.15, 0.2) is 23.0 Å². The van der Waals surface area contributed by atoms with Gasteiger partial charge in [0.15, 0.2) is 0 Å². The number of nitriles is 1. The molecule has 0 aliphatic rings. The minimum Gasteiger partial charge on any atom is -0.355 e. The first-order chi connectivity index (χ1) is 12.8. The van der Waals surface area contributed by atoms with Crippen LogP contribution < -0.4 is 16.2 Å². The molecule has 0 atom stereocenters. The van der Waals surface area contributed by atoms with Gasteiger partial charge in [0, 0.05) is 30.4 Å². The van der Waals surface area contributed by atoms with Gasteiger partial charge < -0.3 is 15.6 Å². The normalized spacial score (nSPS) is 10.2. The van der Waals surface area contributed by atoms with Crippen molar-refractivity contribution >= 4 is 17.5 Å². The number of nitrogens with one attached hydrogen (secondary N) is 3. The number of carbonyl (C=O) groups excluding carboxylic acids is 2. The largest absolute Gasteiger partial charge is 0.355 e. The van der Waals surface area contributed by atoms with Gasteiger partial charge in [0.2, 0.25) is 5.91 Å². The quantitative estimate of drug-likeness (QED) is 0.751. The van der Waals surface area contributed by atoms with Gasteiger partial charge in [-0.15, -0.1) is 0 Å². The number of hydrogen-bond donors (Lipinski definition) is 3. The van der Waals surface area contributed by atoms with E-state index in [2.05, 4.69) is 15.6 Å². The van der Waals surface area contributed by atoms with Crippen molar-refractivity contribution in [2.75, 3.05) is 12.4 Å². The fourth-order valence-corrected chi connectivity index (χ4v) is 3.02. The number of hydrogen-bond acceptors (Lipinski definition) is 4. The Labute approximate surface area is 157 Å². The third-order valence-corrected chi connectivity index (χ3v) is 4.60. The van der Waals surface area contributed by atoms with Gasteiger partial charge >= 0.3 is 0 Å². The number of carbonyl (C=O) groups is 2. The van der Waals surface area contributed by atoms with Crippen LogP contribution in [0.2, 0.25) is 0 Å². The first kappa shape index (κ1) is 19.9. The molecule has 0 aliphatic carbocycles. The van der Waals surface area contributed by atoms with E-state index in [-0.39, 0.29) is 23.8 Å². The van der Waals surface area contributed by atoms with Crippen molar-refractivity contribution in [1.29, 1.82) is 5.26 Å². The Kier molecular flexibility index (Phi) is 6.14. The van der Waals surface area contributed by atoms with Gasteiger partial charge in [0.05, 0.1) is 0 Å². The number of aromatic nitrogens is 1. The van der Waals surface area contributed by atoms with Crippen molar-refractivity contribution in [2.24, 2.45) is 0 Å². The Bertz CT molecular complexity index is 1000. The molecule has 2 rings (SSSR count). The Morgan fingerprint density at radius 3 is 2.52 bits per heavy atom. The van der Waals surface area contributed by atoms with Gasteiger partial charge in [-0.2, -0.15) is 5.26 Å². The summed E-state index contributed by atoms with van der Waals surface area (Å²) in [5.41, 5.74) is 3.47. The maximum atomic E-state index is 12.4. The van der Waals surface area contributed by atoms with Gasteiger partial charge in [-0.25, -0.2) is 0 Å². The minimum absolute atomic E-state index is 0.0742. The second-order valence-corrected chi connectivity index (χ2v) is 6.27. The standard InChI is InChI=1S/C20H22N4O3/c1-11-14(13(3)23-20(27)16(11)10-21)8-9-18(25)24-17-7-5-6-15(12(17)2)19(26)22-4/h5-7H,8-9H2,1-4H3,(H,22,26)(H,23,27)(H,24,25). The number of nitrogens with zero attached hydrogens (tertiary/aromatic N) is 1. The summed E-state index contributed by atoms with van der Waals surface area (Å²) >= 11 is 0. The van der Waals surface area contributed by atoms with E-state index in [1.807, 2.05) is 6.07 Å². The topological polar surface area (TPSA) is 115 Å². The zero-order valence-corrected chi connectivity index (χ0v) is 15.8. The molecule has 7 nitrogen and oxygen atoms in total. The maximum Gasteiger partial charge on any atom is 0.266 e. The van der Waals surface area contributed by atoms with E-state index < -0.39 is 5.56 Å². The Morgan fingerprint density at radius 2 is 1.89 bits per heavy atom. The van der Waals surface area contributed by atoms with Crippen LogP contribution in [-0.2, 0) is 11.2 Å². The molecule has 2 amide bonds. The zero-order valence-electron chi connectivity index (χ0n) is 15.8. The molecule has 0 saturated carbocycles. The van der Waals surface area contributed by atoms with Crippen molar-refractivity contribution in [1.82, 2.24) is 10.3 Å². The smallest absolute Gasteiger partial charge is 0.266 e. The van der Waals surface area contributed by atoms with Crippen molar-refractivity contribution < 1.29 is 9.59 Å². The van der Waals surface area contributed by atoms with E-state index in [9.17, 15) is 14.4 Å². The fraction of sp³-hybridized carbons (Fsp3) is 0.300. The molecule has 0 radical (unpaired) electrons. The van der Waals surface area contributed by atoms with E-state index in [0.29, 0.717) is 34.5 Å². The lowest BCUT2D eigenvalue weighted by atomic mass is 9.99. The highest BCUT2D eigenvalue weighted by Gasteiger charge is 2.15. The first-order valence-corrected chi connectivity index (χ1v) is 8.54. The van der Waals surface area contributed by atoms with Gasteiger partial charge in [-0.1, -0.05) is 6.07 Å². The van der Waals surface area contributed by atoms with Crippen LogP contribution in [-0.4, -0.2) is 23.8 Å². The summed E-state index contributed by atoms with van der Waals surface area (Å²) in [7, 11) is 1.55. The maximum absolute atomic E-state index is 12.4. The summed E-state index contributed by atoms with van der Waals surface area (Å²) in [6.07, 6.45) is 0.575. The number of pyridine rings is 1. The number of aryl methyl sites for hydroxylation is 1. The predicted molar refractivity (Wildman–Crippen MR) is 103 cm³/mol. The lowest BCUT2D eigenvalue weighted by molar-refractivity contribution is -0.116. The van der Waals surface area contributed by atoms with Crippen LogP contribution in [0.4, 0.5) is 5.69 Å². The summed E-state index contributed by atoms with van der Waals surface area (Å²) in [5.74, 6) is -0.428. The van der Waals surface area contributed by atoms with Crippen molar-refractivity contribution in [3.63, 3.8) is 0 Å². The Balaban J connectivity index is 2.16. The zero-order chi connectivity index (χ0) is 20.1. The highest BCUT2D eigenvalue weighted by atomic mass is 16.2. The molecule has 0 fully saturated rings. The van der Waals surface area contributed by atoms with E-state index in [0.717, 1.165) is 5.56 Å². The molecule has 0 unspecified atom stereocenters. The van der Waals surface area contributed by atoms with Crippen molar-refractivity contribution in [3.05, 3.63) is 62.1 Å². The molecule has 3 N–H and O–H groups in total. The average Bonchev–Trinajstić information content (AvgIpc) is 2.62. The molecule has 0 saturated heterocycles. The van der Waals surface area contributed by atoms with Crippen molar-refractivity contribution in [3.8, 4) is 6.07 Å². The van der Waals surface area contributed by atoms with Gasteiger partial charge in [0.1, 0.15) is 11.6 Å². The second kappa shape index (κ2) is 8.32. The van der Waals surface area contributed by atoms with Crippen LogP contribution >= 0.6 is 0 Å². The molecular weight excluding hydrogens is 344 g/mol. The van der Waals surface area contributed by atoms with Crippen LogP contribution in [0.1, 0.15) is 44.7 Å². The van der Waals surface area contributed by atoms with E-state index >= 15 is 0 Å². The van der Waals surface area contributed by atoms with Crippen LogP contribution in [0.25, 0.3) is 0 Å². The van der Waals surface area contributed by atoms with Crippen LogP contribution in [0.3, 0.4) is 0 Å². The lowest BCUT2D eigenvalue weighted by Gasteiger charge is -2.13. The van der Waals surface area contributed by atoms with E-state index in [4.69, 9.17) is 5.26 Å². The van der Waals surface area contributed by atoms with Crippen molar-refractivity contribution in [2.45, 2.75) is 33.6 Å². The highest BCUT2D eigenvalue weighted by Crippen LogP contribution is 2.20. The summed E-state index contributed by atoms with van der Waals surface area (Å²) in [5, 5.41) is 14.5. The number of benzene rings is 1. The SMILES string of the molecule is CNC(=O)c1cccc(NC(=O)CCc2c(C)[nH]c(=O)c(C#N)c2C)c1C. The summed E-state index contributed by atoms with van der Waals surface area (Å²) in [6.45, 7) is 5.24. The lowest BCUT2D eigenvalue weighted by Crippen LogP contribution is -2.21. The fourth-order valence-electron chi connectivity index (χ4n) is 3.02. The molecule has 1 aromatic heterocycles. The van der Waals surface area contributed by atoms with Gasteiger partial charge in [-0.05, 0) is 56.0 Å². The predicted octanol–water partition coefficient (Wildman–Crippen LogP) is 2.10. The van der Waals surface area contributed by atoms with Gasteiger partial charge in [0.25, 0.3) is 11.5 Å². The number of amides is 2. The molecule has 0 bridgehead atoms. The molecule has 1 heterocycles. The molecule has 1 aromatic carbocycles. The minimum atomic E-state index is -0.414. The third-order valence-electron chi connectivity index (χ3n) is 4.60. The molecule has 7 heteroatoms. The molecule has 140 valence electrons. The summed E-state index contributed by atoms with van der Waals surface area (Å²) in [4.78, 5) is 38.7. The number of aromatic amines is 1. The molecule has 0 spiro atoms. The second-order valence-electron chi connectivity index (χ2n) is 6.27. The van der Waals surface area contributed by atoms with Crippen LogP contribution in [0, 0.1) is 32.1 Å². The van der Waals surface area contributed by atoms with Crippen LogP contribution in [0.5, 0.6) is 0 Å². The molecule has 0 aliphatic heterocycles. The Morgan fingerprint density at radius 1 is 1.19 bits per heavy atom. The van der Waals surface area contributed by atoms with E-state index in [1.54, 1.807) is 46.0 Å². The molecule has 2 aromatic rings. The number of H-pyrrole nitrogens is 1. The highest BCUT2D eigenvalue weighted by molar-refractivity contribution is 5.99. The summed E-state index contributed by atoms with van der Waals surface area (Å²) in [6, 6.07) is 7.05. The van der Waals surface area contributed by atoms with Gasteiger partial charge in [-0.3, -0.25) is 14.4 Å². The van der Waals surface area contributed by atoms with E-state index in [1.165, 1.54) is 0 Å². The number of anilines is 1. The monoisotopic (exact) mass is 366 g/mol. The average molecular weight is 366 g/mol. The summed E-state index contributed by atoms with van der Waals surface area (Å²) < 4.78 is 0. The molecular formula is C20H22N4O3. The molecule has 27 heavy (non-hydrogen) atoms. The first-order valence-electron chi connectivity index (χ1n) is 8.54. The third kappa shape index (κ3) is 4.23.